The van der Waals surface area contributed by atoms with Crippen LogP contribution in [0.2, 0.25) is 0 Å². The zero-order valence-electron chi connectivity index (χ0n) is 16.5. The van der Waals surface area contributed by atoms with Crippen LogP contribution in [0.5, 0.6) is 5.75 Å². The van der Waals surface area contributed by atoms with E-state index in [0.717, 1.165) is 44.0 Å². The standard InChI is InChI=1S/C21H29N3O2S/c1-17-6-7-20(26-3)18(13-17)14-22(2)16-21(25)24-10-8-23(9-11-24)15-19-5-4-12-27-19/h4-7,12-13H,8-11,14-16H2,1-3H3. The molecule has 1 saturated heterocycles. The lowest BCUT2D eigenvalue weighted by molar-refractivity contribution is -0.134. The molecular formula is C21H29N3O2S. The molecule has 2 heterocycles. The minimum Gasteiger partial charge on any atom is -0.496 e. The lowest BCUT2D eigenvalue weighted by Gasteiger charge is -2.35. The second-order valence-electron chi connectivity index (χ2n) is 7.22. The molecule has 0 atom stereocenters. The summed E-state index contributed by atoms with van der Waals surface area (Å²) in [6.07, 6.45) is 0. The van der Waals surface area contributed by atoms with Gasteiger partial charge in [-0.15, -0.1) is 11.3 Å². The van der Waals surface area contributed by atoms with Crippen molar-refractivity contribution in [3.8, 4) is 5.75 Å². The highest BCUT2D eigenvalue weighted by Gasteiger charge is 2.22. The highest BCUT2D eigenvalue weighted by molar-refractivity contribution is 7.09. The SMILES string of the molecule is COc1ccc(C)cc1CN(C)CC(=O)N1CCN(Cc2cccs2)CC1. The zero-order valence-corrected chi connectivity index (χ0v) is 17.3. The number of amides is 1. The van der Waals surface area contributed by atoms with Crippen molar-refractivity contribution in [2.75, 3.05) is 46.9 Å². The van der Waals surface area contributed by atoms with Crippen LogP contribution in [0.25, 0.3) is 0 Å². The summed E-state index contributed by atoms with van der Waals surface area (Å²) in [4.78, 5) is 20.6. The van der Waals surface area contributed by atoms with Crippen LogP contribution >= 0.6 is 11.3 Å². The third-order valence-electron chi connectivity index (χ3n) is 4.97. The molecule has 0 bridgehead atoms. The third-order valence-corrected chi connectivity index (χ3v) is 5.83. The van der Waals surface area contributed by atoms with E-state index in [-0.39, 0.29) is 5.91 Å². The van der Waals surface area contributed by atoms with Crippen LogP contribution in [0.15, 0.2) is 35.7 Å². The summed E-state index contributed by atoms with van der Waals surface area (Å²) in [7, 11) is 3.68. The number of thiophene rings is 1. The predicted molar refractivity (Wildman–Crippen MR) is 110 cm³/mol. The van der Waals surface area contributed by atoms with E-state index in [4.69, 9.17) is 4.74 Å². The first-order valence-electron chi connectivity index (χ1n) is 9.39. The van der Waals surface area contributed by atoms with Gasteiger partial charge in [0, 0.05) is 49.7 Å². The fourth-order valence-corrected chi connectivity index (χ4v) is 4.23. The van der Waals surface area contributed by atoms with Crippen molar-refractivity contribution in [1.82, 2.24) is 14.7 Å². The van der Waals surface area contributed by atoms with E-state index in [1.54, 1.807) is 18.4 Å². The molecule has 0 saturated carbocycles. The Hall–Kier alpha value is -1.89. The average Bonchev–Trinajstić information content (AvgIpc) is 3.15. The normalized spacial score (nSPS) is 15.3. The summed E-state index contributed by atoms with van der Waals surface area (Å²) in [5.41, 5.74) is 2.32. The van der Waals surface area contributed by atoms with Gasteiger partial charge >= 0.3 is 0 Å². The van der Waals surface area contributed by atoms with Gasteiger partial charge < -0.3 is 9.64 Å². The summed E-state index contributed by atoms with van der Waals surface area (Å²) in [6, 6.07) is 10.4. The number of benzene rings is 1. The molecule has 2 aromatic rings. The minimum atomic E-state index is 0.208. The van der Waals surface area contributed by atoms with Crippen LogP contribution in [0.1, 0.15) is 16.0 Å². The Kier molecular flexibility index (Phi) is 6.88. The fourth-order valence-electron chi connectivity index (χ4n) is 3.49. The molecule has 27 heavy (non-hydrogen) atoms. The van der Waals surface area contributed by atoms with Crippen LogP contribution in [0, 0.1) is 6.92 Å². The quantitative estimate of drug-likeness (QED) is 0.732. The number of carbonyl (C=O) groups excluding carboxylic acids is 1. The Bertz CT molecular complexity index is 740. The number of nitrogens with zero attached hydrogens (tertiary/aromatic N) is 3. The molecule has 5 nitrogen and oxygen atoms in total. The average molecular weight is 388 g/mol. The molecule has 0 aliphatic carbocycles. The molecule has 3 rings (SSSR count). The van der Waals surface area contributed by atoms with Gasteiger partial charge in [-0.1, -0.05) is 23.8 Å². The van der Waals surface area contributed by atoms with Crippen molar-refractivity contribution >= 4 is 17.2 Å². The van der Waals surface area contributed by atoms with Crippen molar-refractivity contribution in [2.45, 2.75) is 20.0 Å². The van der Waals surface area contributed by atoms with Crippen molar-refractivity contribution in [1.29, 1.82) is 0 Å². The van der Waals surface area contributed by atoms with E-state index in [9.17, 15) is 4.79 Å². The smallest absolute Gasteiger partial charge is 0.236 e. The number of methoxy groups -OCH3 is 1. The fraction of sp³-hybridized carbons (Fsp3) is 0.476. The monoisotopic (exact) mass is 387 g/mol. The van der Waals surface area contributed by atoms with Gasteiger partial charge in [0.25, 0.3) is 0 Å². The maximum Gasteiger partial charge on any atom is 0.236 e. The van der Waals surface area contributed by atoms with Crippen LogP contribution in [-0.2, 0) is 17.9 Å². The Morgan fingerprint density at radius 2 is 2.00 bits per heavy atom. The maximum absolute atomic E-state index is 12.7. The van der Waals surface area contributed by atoms with Crippen LogP contribution in [0.3, 0.4) is 0 Å². The van der Waals surface area contributed by atoms with Crippen LogP contribution in [-0.4, -0.2) is 67.5 Å². The van der Waals surface area contributed by atoms with Gasteiger partial charge in [0.1, 0.15) is 5.75 Å². The molecule has 1 fully saturated rings. The van der Waals surface area contributed by atoms with E-state index in [2.05, 4.69) is 40.3 Å². The Morgan fingerprint density at radius 3 is 2.67 bits per heavy atom. The second kappa shape index (κ2) is 9.35. The van der Waals surface area contributed by atoms with Gasteiger partial charge in [-0.2, -0.15) is 0 Å². The number of ether oxygens (including phenoxy) is 1. The van der Waals surface area contributed by atoms with Crippen molar-refractivity contribution in [2.24, 2.45) is 0 Å². The van der Waals surface area contributed by atoms with E-state index in [0.29, 0.717) is 13.1 Å². The first kappa shape index (κ1) is 19.9. The predicted octanol–water partition coefficient (Wildman–Crippen LogP) is 2.84. The van der Waals surface area contributed by atoms with Crippen LogP contribution in [0.4, 0.5) is 0 Å². The van der Waals surface area contributed by atoms with Gasteiger partial charge in [-0.05, 0) is 31.5 Å². The number of likely N-dealkylation sites (N-methyl/N-ethyl adjacent to an activating group) is 1. The molecule has 146 valence electrons. The van der Waals surface area contributed by atoms with E-state index in [1.807, 2.05) is 24.1 Å². The maximum atomic E-state index is 12.7. The molecule has 1 aromatic heterocycles. The molecular weight excluding hydrogens is 358 g/mol. The number of hydrogen-bond donors (Lipinski definition) is 0. The summed E-state index contributed by atoms with van der Waals surface area (Å²) >= 11 is 1.80. The summed E-state index contributed by atoms with van der Waals surface area (Å²) < 4.78 is 5.45. The summed E-state index contributed by atoms with van der Waals surface area (Å²) in [5.74, 6) is 1.09. The molecule has 1 aliphatic rings. The second-order valence-corrected chi connectivity index (χ2v) is 8.26. The van der Waals surface area contributed by atoms with E-state index < -0.39 is 0 Å². The summed E-state index contributed by atoms with van der Waals surface area (Å²) in [5, 5.41) is 2.12. The van der Waals surface area contributed by atoms with Gasteiger partial charge in [0.2, 0.25) is 5.91 Å². The Balaban J connectivity index is 1.47. The highest BCUT2D eigenvalue weighted by Crippen LogP contribution is 2.21. The zero-order chi connectivity index (χ0) is 19.2. The third kappa shape index (κ3) is 5.54. The number of hydrogen-bond acceptors (Lipinski definition) is 5. The molecule has 1 aromatic carbocycles. The topological polar surface area (TPSA) is 36.0 Å². The lowest BCUT2D eigenvalue weighted by atomic mass is 10.1. The van der Waals surface area contributed by atoms with Gasteiger partial charge in [0.15, 0.2) is 0 Å². The number of carbonyl (C=O) groups is 1. The molecule has 1 amide bonds. The van der Waals surface area contributed by atoms with Gasteiger partial charge in [-0.25, -0.2) is 0 Å². The molecule has 6 heteroatoms. The van der Waals surface area contributed by atoms with E-state index in [1.165, 1.54) is 10.4 Å². The van der Waals surface area contributed by atoms with Crippen molar-refractivity contribution < 1.29 is 9.53 Å². The number of aryl methyl sites for hydroxylation is 1. The first-order chi connectivity index (χ1) is 13.0. The lowest BCUT2D eigenvalue weighted by Crippen LogP contribution is -2.50. The van der Waals surface area contributed by atoms with Crippen molar-refractivity contribution in [3.05, 3.63) is 51.7 Å². The van der Waals surface area contributed by atoms with Gasteiger partial charge in [0.05, 0.1) is 13.7 Å². The molecule has 0 N–H and O–H groups in total. The van der Waals surface area contributed by atoms with Crippen molar-refractivity contribution in [3.63, 3.8) is 0 Å². The Morgan fingerprint density at radius 1 is 1.22 bits per heavy atom. The number of piperazine rings is 1. The highest BCUT2D eigenvalue weighted by atomic mass is 32.1. The molecule has 0 radical (unpaired) electrons. The Labute approximate surface area is 166 Å². The summed E-state index contributed by atoms with van der Waals surface area (Å²) in [6.45, 7) is 7.71. The largest absolute Gasteiger partial charge is 0.496 e. The van der Waals surface area contributed by atoms with E-state index >= 15 is 0 Å². The molecule has 1 aliphatic heterocycles. The molecule has 0 spiro atoms. The first-order valence-corrected chi connectivity index (χ1v) is 10.3. The van der Waals surface area contributed by atoms with Crippen LogP contribution < -0.4 is 4.74 Å². The molecule has 0 unspecified atom stereocenters. The van der Waals surface area contributed by atoms with Gasteiger partial charge in [-0.3, -0.25) is 14.6 Å². The minimum absolute atomic E-state index is 0.208. The number of rotatable bonds is 7.